The van der Waals surface area contributed by atoms with Crippen molar-refractivity contribution in [3.05, 3.63) is 64.7 Å². The van der Waals surface area contributed by atoms with E-state index in [2.05, 4.69) is 15.8 Å². The molecule has 2 aromatic rings. The predicted molar refractivity (Wildman–Crippen MR) is 106 cm³/mol. The zero-order chi connectivity index (χ0) is 19.1. The van der Waals surface area contributed by atoms with Gasteiger partial charge in [-0.3, -0.25) is 4.79 Å². The van der Waals surface area contributed by atoms with Crippen molar-refractivity contribution in [2.75, 3.05) is 18.5 Å². The van der Waals surface area contributed by atoms with Gasteiger partial charge in [-0.25, -0.2) is 10.5 Å². The molecule has 1 saturated heterocycles. The van der Waals surface area contributed by atoms with E-state index in [4.69, 9.17) is 16.4 Å². The molecule has 0 radical (unpaired) electrons. The molecule has 3 N–H and O–H groups in total. The maximum absolute atomic E-state index is 11.7. The maximum Gasteiger partial charge on any atom is 0.276 e. The number of fused-ring (bicyclic) bond motifs is 1. The van der Waals surface area contributed by atoms with Crippen molar-refractivity contribution in [3.8, 4) is 0 Å². The highest BCUT2D eigenvalue weighted by Crippen LogP contribution is 2.26. The highest BCUT2D eigenvalue weighted by molar-refractivity contribution is 6.32. The van der Waals surface area contributed by atoms with Crippen LogP contribution in [0.3, 0.4) is 0 Å². The van der Waals surface area contributed by atoms with E-state index in [1.807, 2.05) is 30.3 Å². The molecule has 1 atom stereocenters. The lowest BCUT2D eigenvalue weighted by Crippen LogP contribution is -2.24. The fraction of sp³-hybridized carbons (Fsp3) is 0.300. The Morgan fingerprint density at radius 3 is 2.74 bits per heavy atom. The third-order valence-corrected chi connectivity index (χ3v) is 4.39. The number of aliphatic imine (C=N–C) groups is 1. The summed E-state index contributed by atoms with van der Waals surface area (Å²) in [5, 5.41) is 13.0. The van der Waals surface area contributed by atoms with Crippen molar-refractivity contribution >= 4 is 28.9 Å². The Balaban J connectivity index is 0.000000253. The number of benzene rings is 2. The van der Waals surface area contributed by atoms with Crippen molar-refractivity contribution in [1.82, 2.24) is 5.48 Å². The number of carbonyl (C=O) groups excluding carboxylic acids is 1. The van der Waals surface area contributed by atoms with E-state index >= 15 is 0 Å². The SMILES string of the molecule is C1CCNOCC1.O=C1Nc2ccc(Cl)cc2C(c2ccccc2)=NC1O. The Morgan fingerprint density at radius 2 is 1.93 bits per heavy atom. The van der Waals surface area contributed by atoms with Crippen LogP contribution in [0.25, 0.3) is 0 Å². The highest BCUT2D eigenvalue weighted by Gasteiger charge is 2.23. The van der Waals surface area contributed by atoms with Crippen LogP contribution < -0.4 is 10.8 Å². The van der Waals surface area contributed by atoms with Crippen LogP contribution in [0, 0.1) is 0 Å². The van der Waals surface area contributed by atoms with Crippen molar-refractivity contribution < 1.29 is 14.7 Å². The highest BCUT2D eigenvalue weighted by atomic mass is 35.5. The van der Waals surface area contributed by atoms with Crippen molar-refractivity contribution in [1.29, 1.82) is 0 Å². The van der Waals surface area contributed by atoms with E-state index in [9.17, 15) is 9.90 Å². The number of aliphatic hydroxyl groups is 1. The van der Waals surface area contributed by atoms with E-state index in [0.29, 0.717) is 22.0 Å². The molecule has 2 aliphatic heterocycles. The van der Waals surface area contributed by atoms with E-state index in [1.54, 1.807) is 18.2 Å². The van der Waals surface area contributed by atoms with E-state index in [0.717, 1.165) is 18.7 Å². The summed E-state index contributed by atoms with van der Waals surface area (Å²) in [6, 6.07) is 14.5. The summed E-state index contributed by atoms with van der Waals surface area (Å²) in [6.45, 7) is 1.92. The third-order valence-electron chi connectivity index (χ3n) is 4.16. The van der Waals surface area contributed by atoms with Gasteiger partial charge in [0.25, 0.3) is 5.91 Å². The van der Waals surface area contributed by atoms with Crippen LogP contribution in [0.4, 0.5) is 5.69 Å². The standard InChI is InChI=1S/C15H11ClN2O2.C5H11NO/c16-10-6-7-12-11(8-10)13(9-4-2-1-3-5-9)18-15(20)14(19)17-12;1-2-4-6-7-5-3-1/h1-8,15,20H,(H,17,19);6H,1-5H2. The molecule has 0 aromatic heterocycles. The van der Waals surface area contributed by atoms with E-state index < -0.39 is 12.1 Å². The second-order valence-corrected chi connectivity index (χ2v) is 6.64. The molecule has 0 spiro atoms. The summed E-state index contributed by atoms with van der Waals surface area (Å²) in [5.41, 5.74) is 5.47. The zero-order valence-corrected chi connectivity index (χ0v) is 15.6. The number of aliphatic hydroxyl groups excluding tert-OH is 1. The van der Waals surface area contributed by atoms with E-state index in [-0.39, 0.29) is 0 Å². The molecule has 0 aliphatic carbocycles. The lowest BCUT2D eigenvalue weighted by atomic mass is 10.0. The molecule has 142 valence electrons. The number of hydrogen-bond donors (Lipinski definition) is 3. The number of amides is 1. The van der Waals surface area contributed by atoms with Gasteiger partial charge in [0.15, 0.2) is 0 Å². The van der Waals surface area contributed by atoms with Gasteiger partial charge in [0.05, 0.1) is 18.0 Å². The lowest BCUT2D eigenvalue weighted by molar-refractivity contribution is -0.123. The number of benzodiazepines with no additional fused rings is 1. The number of halogens is 1. The Morgan fingerprint density at radius 1 is 1.11 bits per heavy atom. The van der Waals surface area contributed by atoms with Crippen LogP contribution in [0.5, 0.6) is 0 Å². The topological polar surface area (TPSA) is 83.0 Å². The molecule has 1 amide bonds. The average Bonchev–Trinajstić information content (AvgIpc) is 3.06. The summed E-state index contributed by atoms with van der Waals surface area (Å²) in [5.74, 6) is -0.556. The molecular formula is C20H22ClN3O3. The van der Waals surface area contributed by atoms with Gasteiger partial charge in [0.1, 0.15) is 0 Å². The predicted octanol–water partition coefficient (Wildman–Crippen LogP) is 3.14. The minimum absolute atomic E-state index is 0.536. The zero-order valence-electron chi connectivity index (χ0n) is 14.8. The molecular weight excluding hydrogens is 366 g/mol. The molecule has 2 heterocycles. The molecule has 0 bridgehead atoms. The van der Waals surface area contributed by atoms with Gasteiger partial charge < -0.3 is 15.3 Å². The Kier molecular flexibility index (Phi) is 6.95. The number of nitrogens with one attached hydrogen (secondary N) is 2. The van der Waals surface area contributed by atoms with Crippen molar-refractivity contribution in [2.45, 2.75) is 25.5 Å². The normalized spacial score (nSPS) is 19.4. The molecule has 6 nitrogen and oxygen atoms in total. The molecule has 2 aromatic carbocycles. The molecule has 0 saturated carbocycles. The number of hydrogen-bond acceptors (Lipinski definition) is 5. The third kappa shape index (κ3) is 5.37. The first-order chi connectivity index (χ1) is 13.1. The quantitative estimate of drug-likeness (QED) is 0.702. The molecule has 4 rings (SSSR count). The van der Waals surface area contributed by atoms with Gasteiger partial charge in [0, 0.05) is 22.7 Å². The average molecular weight is 388 g/mol. The second kappa shape index (κ2) is 9.62. The summed E-state index contributed by atoms with van der Waals surface area (Å²) >= 11 is 6.03. The molecule has 1 fully saturated rings. The lowest BCUT2D eigenvalue weighted by Gasteiger charge is -2.10. The van der Waals surface area contributed by atoms with Gasteiger partial charge in [-0.15, -0.1) is 0 Å². The smallest absolute Gasteiger partial charge is 0.276 e. The molecule has 27 heavy (non-hydrogen) atoms. The van der Waals surface area contributed by atoms with Crippen LogP contribution in [0.2, 0.25) is 5.02 Å². The van der Waals surface area contributed by atoms with Crippen LogP contribution >= 0.6 is 11.6 Å². The van der Waals surface area contributed by atoms with Crippen molar-refractivity contribution in [3.63, 3.8) is 0 Å². The van der Waals surface area contributed by atoms with Gasteiger partial charge >= 0.3 is 0 Å². The fourth-order valence-corrected chi connectivity index (χ4v) is 2.96. The van der Waals surface area contributed by atoms with Crippen LogP contribution in [-0.2, 0) is 9.63 Å². The molecule has 2 aliphatic rings. The van der Waals surface area contributed by atoms with Crippen LogP contribution in [0.1, 0.15) is 30.4 Å². The van der Waals surface area contributed by atoms with Gasteiger partial charge in [-0.05, 0) is 37.5 Å². The van der Waals surface area contributed by atoms with Gasteiger partial charge in [-0.1, -0.05) is 41.9 Å². The first-order valence-electron chi connectivity index (χ1n) is 8.92. The van der Waals surface area contributed by atoms with Crippen LogP contribution in [0.15, 0.2) is 53.5 Å². The van der Waals surface area contributed by atoms with E-state index in [1.165, 1.54) is 19.3 Å². The number of anilines is 1. The summed E-state index contributed by atoms with van der Waals surface area (Å²) in [4.78, 5) is 20.8. The Bertz CT molecular complexity index is 792. The maximum atomic E-state index is 11.7. The monoisotopic (exact) mass is 387 g/mol. The Labute approximate surface area is 163 Å². The van der Waals surface area contributed by atoms with Gasteiger partial charge in [0.2, 0.25) is 6.23 Å². The fourth-order valence-electron chi connectivity index (χ4n) is 2.79. The van der Waals surface area contributed by atoms with Crippen molar-refractivity contribution in [2.24, 2.45) is 4.99 Å². The summed E-state index contributed by atoms with van der Waals surface area (Å²) < 4.78 is 0. The number of rotatable bonds is 1. The molecule has 1 unspecified atom stereocenters. The minimum Gasteiger partial charge on any atom is -0.364 e. The number of nitrogens with zero attached hydrogens (tertiary/aromatic N) is 1. The van der Waals surface area contributed by atoms with Crippen LogP contribution in [-0.4, -0.2) is 36.1 Å². The first kappa shape index (κ1) is 19.5. The largest absolute Gasteiger partial charge is 0.364 e. The Hall–Kier alpha value is -2.25. The number of hydroxylamine groups is 1. The first-order valence-corrected chi connectivity index (χ1v) is 9.29. The van der Waals surface area contributed by atoms with Gasteiger partial charge in [-0.2, -0.15) is 0 Å². The summed E-state index contributed by atoms with van der Waals surface area (Å²) in [6.07, 6.45) is 2.36. The second-order valence-electron chi connectivity index (χ2n) is 6.20. The minimum atomic E-state index is -1.43. The summed E-state index contributed by atoms with van der Waals surface area (Å²) in [7, 11) is 0. The molecule has 7 heteroatoms. The number of carbonyl (C=O) groups is 1.